The maximum atomic E-state index is 12.5. The second kappa shape index (κ2) is 10.0. The van der Waals surface area contributed by atoms with Crippen LogP contribution in [0.5, 0.6) is 0 Å². The van der Waals surface area contributed by atoms with Crippen molar-refractivity contribution in [1.29, 1.82) is 0 Å². The first-order chi connectivity index (χ1) is 15.5. The van der Waals surface area contributed by atoms with E-state index in [2.05, 4.69) is 10.3 Å². The summed E-state index contributed by atoms with van der Waals surface area (Å²) in [5.41, 5.74) is 5.11. The molecule has 4 rings (SSSR count). The number of benzene rings is 2. The number of rotatable bonds is 7. The van der Waals surface area contributed by atoms with E-state index in [4.69, 9.17) is 4.74 Å². The number of carbonyl (C=O) groups is 2. The Kier molecular flexibility index (Phi) is 6.94. The van der Waals surface area contributed by atoms with Crippen molar-refractivity contribution < 1.29 is 19.4 Å². The van der Waals surface area contributed by atoms with Crippen LogP contribution in [0.4, 0.5) is 5.69 Å². The van der Waals surface area contributed by atoms with Crippen LogP contribution >= 0.6 is 11.3 Å². The van der Waals surface area contributed by atoms with Gasteiger partial charge in [0.15, 0.2) is 0 Å². The molecule has 2 atom stereocenters. The van der Waals surface area contributed by atoms with Gasteiger partial charge in [-0.25, -0.2) is 4.98 Å². The summed E-state index contributed by atoms with van der Waals surface area (Å²) in [7, 11) is 0. The fourth-order valence-electron chi connectivity index (χ4n) is 3.80. The number of hydrogen-bond acceptors (Lipinski definition) is 6. The number of aromatic nitrogens is 1. The molecule has 32 heavy (non-hydrogen) atoms. The summed E-state index contributed by atoms with van der Waals surface area (Å²) in [6.07, 6.45) is -0.158. The van der Waals surface area contributed by atoms with Crippen molar-refractivity contribution in [3.05, 3.63) is 81.8 Å². The third-order valence-electron chi connectivity index (χ3n) is 5.53. The zero-order valence-corrected chi connectivity index (χ0v) is 18.5. The first kappa shape index (κ1) is 22.1. The van der Waals surface area contributed by atoms with E-state index in [-0.39, 0.29) is 25.0 Å². The number of thiazole rings is 1. The molecule has 2 amide bonds. The van der Waals surface area contributed by atoms with Gasteiger partial charge in [0, 0.05) is 10.6 Å². The first-order valence-corrected chi connectivity index (χ1v) is 11.3. The van der Waals surface area contributed by atoms with Crippen molar-refractivity contribution in [3.8, 4) is 0 Å². The summed E-state index contributed by atoms with van der Waals surface area (Å²) < 4.78 is 5.81. The summed E-state index contributed by atoms with van der Waals surface area (Å²) >= 11 is 1.50. The number of nitrogens with one attached hydrogen (secondary N) is 1. The molecular weight excluding hydrogens is 426 g/mol. The van der Waals surface area contributed by atoms with E-state index >= 15 is 0 Å². The molecule has 2 aromatic carbocycles. The van der Waals surface area contributed by atoms with E-state index in [0.29, 0.717) is 18.7 Å². The number of nitrogens with zero attached hydrogens (tertiary/aromatic N) is 2. The molecule has 1 aliphatic rings. The average molecular weight is 452 g/mol. The monoisotopic (exact) mass is 451 g/mol. The van der Waals surface area contributed by atoms with Crippen molar-refractivity contribution in [2.75, 3.05) is 18.5 Å². The highest BCUT2D eigenvalue weighted by atomic mass is 32.1. The zero-order chi connectivity index (χ0) is 22.5. The predicted molar refractivity (Wildman–Crippen MR) is 122 cm³/mol. The topological polar surface area (TPSA) is 91.8 Å². The molecule has 1 aromatic heterocycles. The van der Waals surface area contributed by atoms with Gasteiger partial charge in [-0.2, -0.15) is 0 Å². The summed E-state index contributed by atoms with van der Waals surface area (Å²) in [6, 6.07) is 16.4. The van der Waals surface area contributed by atoms with Crippen molar-refractivity contribution >= 4 is 28.8 Å². The smallest absolute Gasteiger partial charge is 0.249 e. The standard InChI is InChI=1S/C24H25N3O4S/c1-16-21(32-15-25-16)12-27-20(13-28)24(31-14-23(27)30)18-7-9-19(10-8-18)26-22(29)11-17-5-3-2-4-6-17/h2-10,15,20,24,28H,11-14H2,1H3,(H,26,29). The van der Waals surface area contributed by atoms with Crippen LogP contribution in [0.3, 0.4) is 0 Å². The Morgan fingerprint density at radius 3 is 2.62 bits per heavy atom. The average Bonchev–Trinajstić information content (AvgIpc) is 3.20. The number of amides is 2. The van der Waals surface area contributed by atoms with Crippen LogP contribution in [-0.2, 0) is 27.3 Å². The van der Waals surface area contributed by atoms with E-state index in [1.807, 2.05) is 61.5 Å². The van der Waals surface area contributed by atoms with Crippen LogP contribution in [0.2, 0.25) is 0 Å². The summed E-state index contributed by atoms with van der Waals surface area (Å²) in [4.78, 5) is 31.7. The summed E-state index contributed by atoms with van der Waals surface area (Å²) in [5, 5.41) is 13.0. The van der Waals surface area contributed by atoms with Crippen LogP contribution in [0.15, 0.2) is 60.1 Å². The quantitative estimate of drug-likeness (QED) is 0.576. The zero-order valence-electron chi connectivity index (χ0n) is 17.7. The van der Waals surface area contributed by atoms with Gasteiger partial charge in [-0.3, -0.25) is 9.59 Å². The van der Waals surface area contributed by atoms with Gasteiger partial charge in [0.1, 0.15) is 12.7 Å². The van der Waals surface area contributed by atoms with Crippen LogP contribution in [0.25, 0.3) is 0 Å². The van der Waals surface area contributed by atoms with E-state index in [1.54, 1.807) is 10.4 Å². The molecule has 1 fully saturated rings. The molecule has 1 saturated heterocycles. The number of carbonyl (C=O) groups excluding carboxylic acids is 2. The molecule has 7 nitrogen and oxygen atoms in total. The van der Waals surface area contributed by atoms with Gasteiger partial charge in [-0.05, 0) is 30.2 Å². The Labute approximate surface area is 190 Å². The minimum atomic E-state index is -0.503. The van der Waals surface area contributed by atoms with Crippen molar-refractivity contribution in [2.24, 2.45) is 0 Å². The molecule has 0 radical (unpaired) electrons. The molecule has 0 bridgehead atoms. The number of ether oxygens (including phenoxy) is 1. The predicted octanol–water partition coefficient (Wildman–Crippen LogP) is 3.09. The van der Waals surface area contributed by atoms with Gasteiger partial charge in [0.2, 0.25) is 11.8 Å². The lowest BCUT2D eigenvalue weighted by molar-refractivity contribution is -0.161. The highest BCUT2D eigenvalue weighted by molar-refractivity contribution is 7.09. The van der Waals surface area contributed by atoms with Gasteiger partial charge in [0.25, 0.3) is 0 Å². The third-order valence-corrected chi connectivity index (χ3v) is 6.45. The van der Waals surface area contributed by atoms with Crippen LogP contribution < -0.4 is 5.32 Å². The molecule has 2 heterocycles. The molecule has 2 unspecified atom stereocenters. The molecule has 0 aliphatic carbocycles. The minimum Gasteiger partial charge on any atom is -0.394 e. The van der Waals surface area contributed by atoms with Crippen LogP contribution in [-0.4, -0.2) is 46.1 Å². The van der Waals surface area contributed by atoms with E-state index in [9.17, 15) is 14.7 Å². The maximum Gasteiger partial charge on any atom is 0.249 e. The number of morpholine rings is 1. The lowest BCUT2D eigenvalue weighted by atomic mass is 9.99. The Hall–Kier alpha value is -3.07. The molecular formula is C24H25N3O4S. The molecule has 3 aromatic rings. The van der Waals surface area contributed by atoms with Crippen LogP contribution in [0, 0.1) is 6.92 Å². The molecule has 0 saturated carbocycles. The lowest BCUT2D eigenvalue weighted by Gasteiger charge is -2.40. The molecule has 166 valence electrons. The second-order valence-corrected chi connectivity index (χ2v) is 8.64. The minimum absolute atomic E-state index is 0.0470. The molecule has 8 heteroatoms. The fraction of sp³-hybridized carbons (Fsp3) is 0.292. The maximum absolute atomic E-state index is 12.5. The number of aliphatic hydroxyl groups excluding tert-OH is 1. The van der Waals surface area contributed by atoms with Crippen LogP contribution in [0.1, 0.15) is 27.8 Å². The van der Waals surface area contributed by atoms with E-state index < -0.39 is 12.1 Å². The Morgan fingerprint density at radius 2 is 1.97 bits per heavy atom. The third kappa shape index (κ3) is 5.04. The normalized spacial score (nSPS) is 18.6. The Bertz CT molecular complexity index is 1070. The number of aliphatic hydroxyl groups is 1. The highest BCUT2D eigenvalue weighted by Crippen LogP contribution is 2.31. The van der Waals surface area contributed by atoms with Crippen molar-refractivity contribution in [1.82, 2.24) is 9.88 Å². The van der Waals surface area contributed by atoms with Gasteiger partial charge < -0.3 is 20.1 Å². The molecule has 1 aliphatic heterocycles. The van der Waals surface area contributed by atoms with Crippen molar-refractivity contribution in [2.45, 2.75) is 32.0 Å². The summed E-state index contributed by atoms with van der Waals surface area (Å²) in [5.74, 6) is -0.249. The largest absolute Gasteiger partial charge is 0.394 e. The number of aryl methyl sites for hydroxylation is 1. The Balaban J connectivity index is 1.44. The van der Waals surface area contributed by atoms with Gasteiger partial charge in [-0.1, -0.05) is 42.5 Å². The Morgan fingerprint density at radius 1 is 1.22 bits per heavy atom. The van der Waals surface area contributed by atoms with Crippen molar-refractivity contribution in [3.63, 3.8) is 0 Å². The van der Waals surface area contributed by atoms with E-state index in [0.717, 1.165) is 21.7 Å². The highest BCUT2D eigenvalue weighted by Gasteiger charge is 2.37. The summed E-state index contributed by atoms with van der Waals surface area (Å²) in [6.45, 7) is 2.04. The first-order valence-electron chi connectivity index (χ1n) is 10.4. The van der Waals surface area contributed by atoms with Gasteiger partial charge in [-0.15, -0.1) is 11.3 Å². The SMILES string of the molecule is Cc1ncsc1CN1C(=O)COC(c2ccc(NC(=O)Cc3ccccc3)cc2)C1CO. The molecule has 2 N–H and O–H groups in total. The fourth-order valence-corrected chi connectivity index (χ4v) is 4.57. The second-order valence-electron chi connectivity index (χ2n) is 7.70. The van der Waals surface area contributed by atoms with E-state index in [1.165, 1.54) is 11.3 Å². The number of hydrogen-bond donors (Lipinski definition) is 2. The van der Waals surface area contributed by atoms with Gasteiger partial charge >= 0.3 is 0 Å². The number of anilines is 1. The molecule has 0 spiro atoms. The van der Waals surface area contributed by atoms with Gasteiger partial charge in [0.05, 0.1) is 36.8 Å². The lowest BCUT2D eigenvalue weighted by Crippen LogP contribution is -2.52.